The summed E-state index contributed by atoms with van der Waals surface area (Å²) >= 11 is 0. The molecule has 0 aromatic rings. The van der Waals surface area contributed by atoms with Gasteiger partial charge in [-0.2, -0.15) is 0 Å². The fraction of sp³-hybridized carbons (Fsp3) is 0.684. The van der Waals surface area contributed by atoms with Gasteiger partial charge in [0.15, 0.2) is 0 Å². The zero-order chi connectivity index (χ0) is 13.7. The average Bonchev–Trinajstić information content (AvgIpc) is 2.88. The number of fused-ring (bicyclic) bond motifs is 5. The van der Waals surface area contributed by atoms with Crippen molar-refractivity contribution in [2.75, 3.05) is 7.11 Å². The summed E-state index contributed by atoms with van der Waals surface area (Å²) in [5.41, 5.74) is 2.19. The van der Waals surface area contributed by atoms with Crippen LogP contribution in [0, 0.1) is 29.1 Å². The van der Waals surface area contributed by atoms with Gasteiger partial charge in [-0.15, -0.1) is 0 Å². The van der Waals surface area contributed by atoms with Crippen molar-refractivity contribution in [3.8, 4) is 0 Å². The maximum atomic E-state index is 5.47. The van der Waals surface area contributed by atoms with Gasteiger partial charge in [0, 0.05) is 6.42 Å². The van der Waals surface area contributed by atoms with E-state index in [1.54, 1.807) is 5.57 Å². The predicted molar refractivity (Wildman–Crippen MR) is 82.1 cm³/mol. The molecule has 0 amide bonds. The van der Waals surface area contributed by atoms with Crippen LogP contribution in [0.15, 0.2) is 35.6 Å². The first-order chi connectivity index (χ1) is 9.71. The lowest BCUT2D eigenvalue weighted by Crippen LogP contribution is -2.43. The van der Waals surface area contributed by atoms with Crippen LogP contribution in [0.5, 0.6) is 0 Å². The van der Waals surface area contributed by atoms with Crippen LogP contribution in [-0.2, 0) is 4.74 Å². The van der Waals surface area contributed by atoms with E-state index >= 15 is 0 Å². The fourth-order valence-electron chi connectivity index (χ4n) is 5.57. The van der Waals surface area contributed by atoms with Crippen molar-refractivity contribution >= 4 is 0 Å². The lowest BCUT2D eigenvalue weighted by atomic mass is 9.53. The molecule has 0 N–H and O–H groups in total. The first-order valence-electron chi connectivity index (χ1n) is 8.31. The van der Waals surface area contributed by atoms with E-state index in [1.165, 1.54) is 37.9 Å². The molecule has 108 valence electrons. The Hall–Kier alpha value is -0.980. The summed E-state index contributed by atoms with van der Waals surface area (Å²) in [5, 5.41) is 0. The standard InChI is InChI=1S/C19H26O/c1-19-10-3-4-18(19)17-7-5-13-12-14(20-2)6-8-15(13)16(17)9-11-19/h3,5-6,10,15-18H,4,7-9,11-12H2,1-2H3/t15-,16+,17+,18-,19-/m0/s1. The molecular formula is C19H26O. The van der Waals surface area contributed by atoms with Gasteiger partial charge in [0.05, 0.1) is 12.9 Å². The highest BCUT2D eigenvalue weighted by atomic mass is 16.5. The number of rotatable bonds is 1. The normalized spacial score (nSPS) is 45.9. The van der Waals surface area contributed by atoms with Gasteiger partial charge in [0.25, 0.3) is 0 Å². The second kappa shape index (κ2) is 4.51. The Kier molecular flexibility index (Phi) is 2.87. The van der Waals surface area contributed by atoms with Gasteiger partial charge in [-0.05, 0) is 67.3 Å². The van der Waals surface area contributed by atoms with Crippen LogP contribution in [-0.4, -0.2) is 7.11 Å². The largest absolute Gasteiger partial charge is 0.501 e. The second-order valence-corrected chi connectivity index (χ2v) is 7.53. The van der Waals surface area contributed by atoms with Crippen molar-refractivity contribution in [1.82, 2.24) is 0 Å². The molecule has 0 radical (unpaired) electrons. The molecule has 1 fully saturated rings. The Morgan fingerprint density at radius 3 is 2.90 bits per heavy atom. The Morgan fingerprint density at radius 2 is 2.05 bits per heavy atom. The molecule has 5 atom stereocenters. The first kappa shape index (κ1) is 12.7. The third-order valence-corrected chi connectivity index (χ3v) is 6.70. The van der Waals surface area contributed by atoms with Crippen molar-refractivity contribution in [2.24, 2.45) is 29.1 Å². The van der Waals surface area contributed by atoms with Gasteiger partial charge in [0.1, 0.15) is 0 Å². The van der Waals surface area contributed by atoms with Crippen LogP contribution in [0.2, 0.25) is 0 Å². The number of methoxy groups -OCH3 is 1. The van der Waals surface area contributed by atoms with Gasteiger partial charge in [-0.1, -0.05) is 30.7 Å². The summed E-state index contributed by atoms with van der Waals surface area (Å²) in [5.74, 6) is 4.77. The maximum absolute atomic E-state index is 5.47. The average molecular weight is 270 g/mol. The van der Waals surface area contributed by atoms with E-state index in [9.17, 15) is 0 Å². The van der Waals surface area contributed by atoms with Crippen LogP contribution < -0.4 is 0 Å². The van der Waals surface area contributed by atoms with Crippen LogP contribution >= 0.6 is 0 Å². The Balaban J connectivity index is 1.61. The summed E-state index contributed by atoms with van der Waals surface area (Å²) in [6.45, 7) is 2.50. The van der Waals surface area contributed by atoms with Crippen LogP contribution in [0.3, 0.4) is 0 Å². The van der Waals surface area contributed by atoms with Crippen molar-refractivity contribution in [3.63, 3.8) is 0 Å². The first-order valence-corrected chi connectivity index (χ1v) is 8.31. The number of hydrogen-bond acceptors (Lipinski definition) is 1. The summed E-state index contributed by atoms with van der Waals surface area (Å²) in [6.07, 6.45) is 17.7. The highest BCUT2D eigenvalue weighted by Gasteiger charge is 2.49. The van der Waals surface area contributed by atoms with Gasteiger partial charge >= 0.3 is 0 Å². The van der Waals surface area contributed by atoms with Crippen LogP contribution in [0.4, 0.5) is 0 Å². The molecule has 0 aromatic heterocycles. The molecule has 0 saturated heterocycles. The second-order valence-electron chi connectivity index (χ2n) is 7.53. The molecule has 0 aliphatic heterocycles. The fourth-order valence-corrected chi connectivity index (χ4v) is 5.57. The van der Waals surface area contributed by atoms with Gasteiger partial charge in [0.2, 0.25) is 0 Å². The number of allylic oxidation sites excluding steroid dienone is 5. The van der Waals surface area contributed by atoms with Crippen molar-refractivity contribution < 1.29 is 4.74 Å². The third kappa shape index (κ3) is 1.75. The van der Waals surface area contributed by atoms with E-state index in [-0.39, 0.29) is 0 Å². The van der Waals surface area contributed by atoms with E-state index in [0.717, 1.165) is 30.1 Å². The Labute approximate surface area is 122 Å². The summed E-state index contributed by atoms with van der Waals surface area (Å²) < 4.78 is 5.47. The molecule has 1 heteroatoms. The molecule has 0 aromatic carbocycles. The molecule has 4 aliphatic carbocycles. The number of ether oxygens (including phenoxy) is 1. The van der Waals surface area contributed by atoms with Crippen LogP contribution in [0.25, 0.3) is 0 Å². The Morgan fingerprint density at radius 1 is 1.15 bits per heavy atom. The minimum Gasteiger partial charge on any atom is -0.501 e. The van der Waals surface area contributed by atoms with Crippen molar-refractivity contribution in [1.29, 1.82) is 0 Å². The van der Waals surface area contributed by atoms with E-state index in [2.05, 4.69) is 31.2 Å². The molecule has 4 aliphatic rings. The minimum atomic E-state index is 0.509. The predicted octanol–water partition coefficient (Wildman–Crippen LogP) is 4.87. The van der Waals surface area contributed by atoms with E-state index in [1.807, 2.05) is 7.11 Å². The lowest BCUT2D eigenvalue weighted by Gasteiger charge is -2.51. The van der Waals surface area contributed by atoms with Crippen molar-refractivity contribution in [3.05, 3.63) is 35.6 Å². The monoisotopic (exact) mass is 270 g/mol. The smallest absolute Gasteiger partial charge is 0.0956 e. The van der Waals surface area contributed by atoms with Crippen molar-refractivity contribution in [2.45, 2.75) is 45.4 Å². The summed E-state index contributed by atoms with van der Waals surface area (Å²) in [6, 6.07) is 0. The molecule has 1 saturated carbocycles. The lowest BCUT2D eigenvalue weighted by molar-refractivity contribution is 0.0305. The van der Waals surface area contributed by atoms with E-state index in [0.29, 0.717) is 5.41 Å². The molecule has 0 bridgehead atoms. The molecular weight excluding hydrogens is 244 g/mol. The minimum absolute atomic E-state index is 0.509. The van der Waals surface area contributed by atoms with E-state index < -0.39 is 0 Å². The SMILES string of the molecule is COC1=CC[C@H]2C(=CC[C@@H]3[C@@H]2CC[C@]2(C)C=CC[C@@H]32)C1. The zero-order valence-corrected chi connectivity index (χ0v) is 12.8. The molecule has 1 nitrogen and oxygen atoms in total. The highest BCUT2D eigenvalue weighted by molar-refractivity contribution is 5.27. The van der Waals surface area contributed by atoms with Crippen LogP contribution in [0.1, 0.15) is 45.4 Å². The molecule has 4 rings (SSSR count). The van der Waals surface area contributed by atoms with Gasteiger partial charge < -0.3 is 4.74 Å². The summed E-state index contributed by atoms with van der Waals surface area (Å²) in [4.78, 5) is 0. The summed E-state index contributed by atoms with van der Waals surface area (Å²) in [7, 11) is 1.81. The topological polar surface area (TPSA) is 9.23 Å². The third-order valence-electron chi connectivity index (χ3n) is 6.70. The molecule has 0 spiro atoms. The van der Waals surface area contributed by atoms with Gasteiger partial charge in [-0.25, -0.2) is 0 Å². The zero-order valence-electron chi connectivity index (χ0n) is 12.8. The molecule has 0 unspecified atom stereocenters. The highest BCUT2D eigenvalue weighted by Crippen LogP contribution is 2.59. The number of hydrogen-bond donors (Lipinski definition) is 0. The Bertz CT molecular complexity index is 498. The maximum Gasteiger partial charge on any atom is 0.0956 e. The molecule has 20 heavy (non-hydrogen) atoms. The van der Waals surface area contributed by atoms with Gasteiger partial charge in [-0.3, -0.25) is 0 Å². The quantitative estimate of drug-likeness (QED) is 0.618. The molecule has 0 heterocycles. The van der Waals surface area contributed by atoms with E-state index in [4.69, 9.17) is 4.74 Å².